The Hall–Kier alpha value is -2.56. The summed E-state index contributed by atoms with van der Waals surface area (Å²) in [5, 5.41) is 3.02. The Kier molecular flexibility index (Phi) is 5.76. The molecular formula is C21H24FNO3. The molecule has 1 aliphatic heterocycles. The number of carbonyl (C=O) groups excluding carboxylic acids is 1. The van der Waals surface area contributed by atoms with Gasteiger partial charge in [-0.3, -0.25) is 4.79 Å². The van der Waals surface area contributed by atoms with E-state index in [4.69, 9.17) is 9.47 Å². The number of benzene rings is 2. The van der Waals surface area contributed by atoms with Crippen molar-refractivity contribution >= 4 is 5.91 Å². The normalized spacial score (nSPS) is 15.7. The average Bonchev–Trinajstić information content (AvgIpc) is 2.86. The molecule has 2 aromatic rings. The molecule has 1 amide bonds. The van der Waals surface area contributed by atoms with Crippen molar-refractivity contribution in [2.24, 2.45) is 0 Å². The maximum atomic E-state index is 13.0. The molecule has 0 saturated carbocycles. The number of halogens is 1. The lowest BCUT2D eigenvalue weighted by molar-refractivity contribution is -0.122. The van der Waals surface area contributed by atoms with Crippen LogP contribution in [0.2, 0.25) is 0 Å². The molecule has 1 aliphatic rings. The maximum Gasteiger partial charge on any atom is 0.221 e. The summed E-state index contributed by atoms with van der Waals surface area (Å²) in [4.78, 5) is 12.4. The van der Waals surface area contributed by atoms with Crippen molar-refractivity contribution in [2.75, 3.05) is 13.2 Å². The van der Waals surface area contributed by atoms with E-state index in [-0.39, 0.29) is 23.7 Å². The highest BCUT2D eigenvalue weighted by Gasteiger charge is 2.17. The van der Waals surface area contributed by atoms with Crippen LogP contribution in [0.15, 0.2) is 42.5 Å². The summed E-state index contributed by atoms with van der Waals surface area (Å²) in [5.41, 5.74) is 1.92. The summed E-state index contributed by atoms with van der Waals surface area (Å²) < 4.78 is 24.4. The van der Waals surface area contributed by atoms with Gasteiger partial charge in [0.2, 0.25) is 5.91 Å². The van der Waals surface area contributed by atoms with Gasteiger partial charge in [-0.15, -0.1) is 0 Å². The van der Waals surface area contributed by atoms with E-state index in [1.54, 1.807) is 12.1 Å². The molecule has 0 aliphatic carbocycles. The van der Waals surface area contributed by atoms with Gasteiger partial charge < -0.3 is 14.8 Å². The molecule has 2 aromatic carbocycles. The van der Waals surface area contributed by atoms with Gasteiger partial charge in [0, 0.05) is 12.8 Å². The Bertz CT molecular complexity index is 760. The van der Waals surface area contributed by atoms with Gasteiger partial charge in [0.15, 0.2) is 11.5 Å². The molecule has 0 bridgehead atoms. The van der Waals surface area contributed by atoms with Crippen LogP contribution in [-0.2, 0) is 4.79 Å². The highest BCUT2D eigenvalue weighted by molar-refractivity contribution is 5.77. The van der Waals surface area contributed by atoms with Crippen LogP contribution in [0.4, 0.5) is 4.39 Å². The highest BCUT2D eigenvalue weighted by atomic mass is 19.1. The summed E-state index contributed by atoms with van der Waals surface area (Å²) >= 11 is 0. The van der Waals surface area contributed by atoms with Crippen LogP contribution < -0.4 is 14.8 Å². The predicted molar refractivity (Wildman–Crippen MR) is 98.0 cm³/mol. The van der Waals surface area contributed by atoms with Crippen LogP contribution in [0.5, 0.6) is 11.5 Å². The lowest BCUT2D eigenvalue weighted by Crippen LogP contribution is -2.27. The van der Waals surface area contributed by atoms with Crippen molar-refractivity contribution in [3.8, 4) is 11.5 Å². The van der Waals surface area contributed by atoms with Gasteiger partial charge >= 0.3 is 0 Å². The molecule has 0 radical (unpaired) electrons. The predicted octanol–water partition coefficient (Wildman–Crippen LogP) is 4.36. The topological polar surface area (TPSA) is 47.6 Å². The van der Waals surface area contributed by atoms with Crippen LogP contribution in [0.1, 0.15) is 49.8 Å². The van der Waals surface area contributed by atoms with Crippen molar-refractivity contribution in [3.63, 3.8) is 0 Å². The largest absolute Gasteiger partial charge is 0.490 e. The highest BCUT2D eigenvalue weighted by Crippen LogP contribution is 2.32. The molecule has 3 rings (SSSR count). The number of rotatable bonds is 5. The van der Waals surface area contributed by atoms with E-state index in [0.29, 0.717) is 19.6 Å². The van der Waals surface area contributed by atoms with E-state index in [1.165, 1.54) is 12.1 Å². The zero-order chi connectivity index (χ0) is 18.5. The molecular weight excluding hydrogens is 333 g/mol. The van der Waals surface area contributed by atoms with Crippen molar-refractivity contribution in [3.05, 3.63) is 59.4 Å². The number of hydrogen-bond acceptors (Lipinski definition) is 3. The number of carbonyl (C=O) groups is 1. The molecule has 0 aromatic heterocycles. The third kappa shape index (κ3) is 4.54. The van der Waals surface area contributed by atoms with Gasteiger partial charge in [-0.25, -0.2) is 4.39 Å². The lowest BCUT2D eigenvalue weighted by atomic mass is 9.97. The average molecular weight is 357 g/mol. The van der Waals surface area contributed by atoms with Gasteiger partial charge in [0.05, 0.1) is 19.3 Å². The fourth-order valence-electron chi connectivity index (χ4n) is 3.02. The fourth-order valence-corrected chi connectivity index (χ4v) is 3.02. The minimum atomic E-state index is -0.270. The zero-order valence-corrected chi connectivity index (χ0v) is 15.1. The fraction of sp³-hybridized carbons (Fsp3) is 0.381. The summed E-state index contributed by atoms with van der Waals surface area (Å²) in [6, 6.07) is 11.9. The number of amides is 1. The van der Waals surface area contributed by atoms with Crippen LogP contribution in [0.3, 0.4) is 0 Å². The monoisotopic (exact) mass is 357 g/mol. The summed E-state index contributed by atoms with van der Waals surface area (Å²) in [7, 11) is 0. The first kappa shape index (κ1) is 18.2. The second-order valence-corrected chi connectivity index (χ2v) is 6.70. The van der Waals surface area contributed by atoms with Gasteiger partial charge in [0.1, 0.15) is 5.82 Å². The van der Waals surface area contributed by atoms with Crippen molar-refractivity contribution < 1.29 is 18.7 Å². The smallest absolute Gasteiger partial charge is 0.221 e. The van der Waals surface area contributed by atoms with E-state index in [1.807, 2.05) is 32.0 Å². The van der Waals surface area contributed by atoms with Crippen molar-refractivity contribution in [2.45, 2.75) is 38.6 Å². The minimum Gasteiger partial charge on any atom is -0.490 e. The van der Waals surface area contributed by atoms with Crippen molar-refractivity contribution in [1.82, 2.24) is 5.32 Å². The third-order valence-corrected chi connectivity index (χ3v) is 4.58. The Morgan fingerprint density at radius 1 is 1.04 bits per heavy atom. The summed E-state index contributed by atoms with van der Waals surface area (Å²) in [6.45, 7) is 5.19. The number of nitrogens with one attached hydrogen (secondary N) is 1. The summed E-state index contributed by atoms with van der Waals surface area (Å²) in [5.74, 6) is 1.18. The van der Waals surface area contributed by atoms with Crippen molar-refractivity contribution in [1.29, 1.82) is 0 Å². The second-order valence-electron chi connectivity index (χ2n) is 6.70. The Labute approximate surface area is 153 Å². The Morgan fingerprint density at radius 3 is 2.42 bits per heavy atom. The molecule has 4 nitrogen and oxygen atoms in total. The number of fused-ring (bicyclic) bond motifs is 1. The molecule has 26 heavy (non-hydrogen) atoms. The second kappa shape index (κ2) is 8.21. The molecule has 0 saturated heterocycles. The van der Waals surface area contributed by atoms with Gasteiger partial charge in [-0.05, 0) is 48.2 Å². The molecule has 1 heterocycles. The van der Waals surface area contributed by atoms with E-state index >= 15 is 0 Å². The van der Waals surface area contributed by atoms with Crippen LogP contribution in [0, 0.1) is 5.82 Å². The minimum absolute atomic E-state index is 0.0200. The SMILES string of the molecule is CC(CC(=O)NC(C)c1ccc2c(c1)OCCCO2)c1ccc(F)cc1. The molecule has 0 spiro atoms. The first-order valence-corrected chi connectivity index (χ1v) is 8.97. The van der Waals surface area contributed by atoms with E-state index in [2.05, 4.69) is 5.32 Å². The molecule has 1 N–H and O–H groups in total. The lowest BCUT2D eigenvalue weighted by Gasteiger charge is -2.18. The molecule has 0 fully saturated rings. The molecule has 2 unspecified atom stereocenters. The molecule has 138 valence electrons. The van der Waals surface area contributed by atoms with Crippen LogP contribution in [-0.4, -0.2) is 19.1 Å². The molecule has 2 atom stereocenters. The molecule has 5 heteroatoms. The Balaban J connectivity index is 1.60. The zero-order valence-electron chi connectivity index (χ0n) is 15.1. The van der Waals surface area contributed by atoms with Gasteiger partial charge in [-0.2, -0.15) is 0 Å². The number of ether oxygens (including phenoxy) is 2. The third-order valence-electron chi connectivity index (χ3n) is 4.58. The standard InChI is InChI=1S/C21H24FNO3/c1-14(16-4-7-18(22)8-5-16)12-21(24)23-15(2)17-6-9-19-20(13-17)26-11-3-10-25-19/h4-9,13-15H,3,10-12H2,1-2H3,(H,23,24). The van der Waals surface area contributed by atoms with Crippen LogP contribution >= 0.6 is 0 Å². The van der Waals surface area contributed by atoms with Crippen LogP contribution in [0.25, 0.3) is 0 Å². The first-order valence-electron chi connectivity index (χ1n) is 8.97. The maximum absolute atomic E-state index is 13.0. The quantitative estimate of drug-likeness (QED) is 0.865. The number of hydrogen-bond donors (Lipinski definition) is 1. The van der Waals surface area contributed by atoms with Gasteiger partial charge in [0.25, 0.3) is 0 Å². The summed E-state index contributed by atoms with van der Waals surface area (Å²) in [6.07, 6.45) is 1.21. The van der Waals surface area contributed by atoms with E-state index in [0.717, 1.165) is 29.0 Å². The van der Waals surface area contributed by atoms with E-state index in [9.17, 15) is 9.18 Å². The van der Waals surface area contributed by atoms with Gasteiger partial charge in [-0.1, -0.05) is 25.1 Å². The van der Waals surface area contributed by atoms with E-state index < -0.39 is 0 Å². The first-order chi connectivity index (χ1) is 12.5. The Morgan fingerprint density at radius 2 is 1.69 bits per heavy atom.